The fourth-order valence-electron chi connectivity index (χ4n) is 7.94. The number of hydrazone groups is 1. The molecule has 3 fully saturated rings. The molecule has 372 valence electrons. The first-order valence-electron chi connectivity index (χ1n) is 23.6. The number of hydrogen-bond acceptors (Lipinski definition) is 15. The fraction of sp³-hybridized carbons (Fsp3) is 0.442. The Morgan fingerprint density at radius 1 is 0.700 bits per heavy atom. The van der Waals surface area contributed by atoms with Crippen LogP contribution in [0.2, 0.25) is 0 Å². The minimum atomic E-state index is -0.694. The summed E-state index contributed by atoms with van der Waals surface area (Å²) in [5, 5.41) is 22.5. The van der Waals surface area contributed by atoms with E-state index in [2.05, 4.69) is 72.4 Å². The Kier molecular flexibility index (Phi) is 19.0. The maximum atomic E-state index is 15.1. The molecule has 0 spiro atoms. The van der Waals surface area contributed by atoms with E-state index in [1.807, 2.05) is 102 Å². The van der Waals surface area contributed by atoms with Gasteiger partial charge in [0.05, 0.1) is 60.2 Å². The highest BCUT2D eigenvalue weighted by Crippen LogP contribution is 2.48. The van der Waals surface area contributed by atoms with Gasteiger partial charge in [-0.05, 0) is 111 Å². The second kappa shape index (κ2) is 24.6. The molecule has 3 amide bonds. The third kappa shape index (κ3) is 12.9. The molecule has 15 nitrogen and oxygen atoms in total. The van der Waals surface area contributed by atoms with Gasteiger partial charge in [-0.1, -0.05) is 119 Å². The molecule has 3 aliphatic heterocycles. The summed E-state index contributed by atoms with van der Waals surface area (Å²) in [5.41, 5.74) is 10.3. The van der Waals surface area contributed by atoms with E-state index in [1.165, 1.54) is 35.3 Å². The van der Waals surface area contributed by atoms with Gasteiger partial charge in [0.2, 0.25) is 5.91 Å². The number of hydrogen-bond donors (Lipinski definition) is 1. The summed E-state index contributed by atoms with van der Waals surface area (Å²) in [6, 6.07) is 19.6. The Labute approximate surface area is 425 Å². The lowest BCUT2D eigenvalue weighted by atomic mass is 9.95. The molecule has 3 unspecified atom stereocenters. The van der Waals surface area contributed by atoms with Gasteiger partial charge < -0.3 is 9.47 Å². The summed E-state index contributed by atoms with van der Waals surface area (Å²) in [4.78, 5) is 52.4. The molecule has 0 bridgehead atoms. The van der Waals surface area contributed by atoms with Gasteiger partial charge in [0.25, 0.3) is 11.8 Å². The van der Waals surface area contributed by atoms with E-state index >= 15 is 4.79 Å². The van der Waals surface area contributed by atoms with E-state index in [0.29, 0.717) is 33.5 Å². The molecule has 18 heteroatoms. The Balaban J connectivity index is 1.40. The highest BCUT2D eigenvalue weighted by atomic mass is 32.2. The second-order valence-corrected chi connectivity index (χ2v) is 21.5. The number of para-hydroxylation sites is 1. The van der Waals surface area contributed by atoms with Crippen LogP contribution in [0.1, 0.15) is 139 Å². The third-order valence-corrected chi connectivity index (χ3v) is 14.4. The number of carbonyl (C=O) groups is 3. The maximum absolute atomic E-state index is 15.1. The summed E-state index contributed by atoms with van der Waals surface area (Å²) < 4.78 is 11.5. The van der Waals surface area contributed by atoms with E-state index in [0.717, 1.165) is 39.1 Å². The molecule has 3 aromatic carbocycles. The molecule has 6 rings (SSSR count). The predicted octanol–water partition coefficient (Wildman–Crippen LogP) is 11.2. The number of thioether (sulfide) groups is 3. The van der Waals surface area contributed by atoms with Crippen molar-refractivity contribution in [3.8, 4) is 0 Å². The van der Waals surface area contributed by atoms with Crippen LogP contribution in [0, 0.1) is 0 Å². The van der Waals surface area contributed by atoms with Crippen molar-refractivity contribution >= 4 is 104 Å². The number of aliphatic imine (C=N–C) groups is 1. The first-order chi connectivity index (χ1) is 33.4. The van der Waals surface area contributed by atoms with Gasteiger partial charge in [0.1, 0.15) is 10.5 Å². The van der Waals surface area contributed by atoms with Gasteiger partial charge in [-0.2, -0.15) is 10.2 Å². The molecule has 70 heavy (non-hydrogen) atoms. The number of amides is 3. The van der Waals surface area contributed by atoms with Crippen LogP contribution in [0.5, 0.6) is 0 Å². The van der Waals surface area contributed by atoms with Crippen molar-refractivity contribution in [1.29, 1.82) is 0 Å². The zero-order valence-electron chi connectivity index (χ0n) is 42.4. The van der Waals surface area contributed by atoms with Gasteiger partial charge in [0, 0.05) is 19.5 Å². The van der Waals surface area contributed by atoms with Crippen LogP contribution in [-0.2, 0) is 23.9 Å². The number of nitrogens with zero attached hydrogens (tertiary/aromatic N) is 9. The Morgan fingerprint density at radius 3 is 1.84 bits per heavy atom. The first-order valence-corrected chi connectivity index (χ1v) is 26.4. The summed E-state index contributed by atoms with van der Waals surface area (Å²) in [6.45, 7) is 24.4. The number of allylic oxidation sites excluding steroid dienone is 1. The quantitative estimate of drug-likeness (QED) is 0.0908. The van der Waals surface area contributed by atoms with Crippen molar-refractivity contribution in [2.75, 3.05) is 34.1 Å². The summed E-state index contributed by atoms with van der Waals surface area (Å²) in [6.07, 6.45) is 6.41. The Morgan fingerprint density at radius 2 is 1.26 bits per heavy atom. The lowest BCUT2D eigenvalue weighted by Crippen LogP contribution is -2.32. The molecule has 0 aliphatic carbocycles. The summed E-state index contributed by atoms with van der Waals surface area (Å²) in [7, 11) is 1.71. The minimum Gasteiger partial charge on any atom is -0.373 e. The molecule has 3 saturated heterocycles. The topological polar surface area (TPSA) is 166 Å². The van der Waals surface area contributed by atoms with Crippen molar-refractivity contribution in [2.24, 2.45) is 30.5 Å². The molecule has 3 aromatic rings. The second-order valence-electron chi connectivity index (χ2n) is 18.4. The first kappa shape index (κ1) is 53.9. The van der Waals surface area contributed by atoms with E-state index in [1.54, 1.807) is 46.6 Å². The average molecular weight is 1010 g/mol. The number of carbonyl (C=O) groups excluding carboxylic acids is 3. The van der Waals surface area contributed by atoms with Crippen LogP contribution < -0.4 is 20.1 Å². The zero-order valence-corrected chi connectivity index (χ0v) is 44.9. The van der Waals surface area contributed by atoms with Crippen molar-refractivity contribution in [3.05, 3.63) is 100 Å². The Bertz CT molecular complexity index is 2620. The predicted molar refractivity (Wildman–Crippen MR) is 295 cm³/mol. The van der Waals surface area contributed by atoms with Crippen LogP contribution in [-0.4, -0.2) is 89.6 Å². The molecular formula is C52H66N10O5S3. The average Bonchev–Trinajstić information content (AvgIpc) is 3.95. The lowest BCUT2D eigenvalue weighted by molar-refractivity contribution is -0.117. The zero-order chi connectivity index (χ0) is 50.8. The molecular weight excluding hydrogens is 941 g/mol. The molecule has 0 radical (unpaired) electrons. The van der Waals surface area contributed by atoms with Gasteiger partial charge in [-0.25, -0.2) is 0 Å². The standard InChI is InChI=1S/C52H66N10O5S3/c1-30(2)39-16-14-15-17-42(39)61-48(64)46(69-51(61)58-55-27-35(11)26-53-13)38-19-21-44(41(25-38)32(5)6)62-49(65)47(70-52(62)59-56-28-36(12)67-34(9)10)37-18-20-43(40(24-37)31(3)4)60-45(63)29-68-50(60)57-54-22-23-66-33(7)8/h14-22,24-28,30-34,36,46-47,55H,23,29H2,1-13H3/b35-27?,53-26?,54-22+,56-28+,57-50-,58-51-,59-52-. The van der Waals surface area contributed by atoms with Gasteiger partial charge in [0.15, 0.2) is 15.5 Å². The number of benzene rings is 3. The lowest BCUT2D eigenvalue weighted by Gasteiger charge is -2.24. The van der Waals surface area contributed by atoms with Crippen LogP contribution in [0.25, 0.3) is 0 Å². The number of amidine groups is 3. The molecule has 0 saturated carbocycles. The molecule has 3 atom stereocenters. The number of nitrogens with one attached hydrogen (secondary N) is 1. The van der Waals surface area contributed by atoms with Gasteiger partial charge in [-0.15, -0.1) is 15.3 Å². The highest BCUT2D eigenvalue weighted by Gasteiger charge is 2.44. The molecule has 1 N–H and O–H groups in total. The van der Waals surface area contributed by atoms with E-state index in [-0.39, 0.29) is 59.5 Å². The largest absolute Gasteiger partial charge is 0.373 e. The van der Waals surface area contributed by atoms with Crippen molar-refractivity contribution in [2.45, 2.75) is 130 Å². The van der Waals surface area contributed by atoms with E-state index < -0.39 is 10.5 Å². The number of anilines is 3. The highest BCUT2D eigenvalue weighted by molar-refractivity contribution is 8.16. The van der Waals surface area contributed by atoms with E-state index in [9.17, 15) is 9.59 Å². The molecule has 3 heterocycles. The summed E-state index contributed by atoms with van der Waals surface area (Å²) >= 11 is 4.02. The summed E-state index contributed by atoms with van der Waals surface area (Å²) in [5.74, 6) is -0.123. The van der Waals surface area contributed by atoms with Crippen molar-refractivity contribution in [1.82, 2.24) is 5.43 Å². The fourth-order valence-corrected chi connectivity index (χ4v) is 10.9. The normalized spacial score (nSPS) is 20.6. The monoisotopic (exact) mass is 1010 g/mol. The van der Waals surface area contributed by atoms with Crippen molar-refractivity contribution < 1.29 is 23.9 Å². The van der Waals surface area contributed by atoms with Gasteiger partial charge in [-0.3, -0.25) is 39.5 Å². The third-order valence-electron chi connectivity index (χ3n) is 11.1. The van der Waals surface area contributed by atoms with Crippen LogP contribution in [0.4, 0.5) is 17.1 Å². The van der Waals surface area contributed by atoms with Gasteiger partial charge >= 0.3 is 0 Å². The SMILES string of the molecule is CN=CC(C)=CN/N=C1\SC(c2ccc(N3C(=O)C(c4ccc(N5C(=O)CS/C5=N\N=C\COC(C)C)c(C(C)C)c4)S/C3=N\N=C\C(C)OC(C)C)c(C(C)C)c2)C(=O)N1c1ccccc1C(C)C. The minimum absolute atomic E-state index is 0.0149. The molecule has 3 aliphatic rings. The smallest absolute Gasteiger partial charge is 0.251 e. The van der Waals surface area contributed by atoms with Crippen LogP contribution >= 0.6 is 35.3 Å². The Hall–Kier alpha value is -5.40. The van der Waals surface area contributed by atoms with Crippen LogP contribution in [0.3, 0.4) is 0 Å². The molecule has 0 aromatic heterocycles. The van der Waals surface area contributed by atoms with Crippen molar-refractivity contribution in [3.63, 3.8) is 0 Å². The number of rotatable bonds is 19. The number of ether oxygens (including phenoxy) is 2. The maximum Gasteiger partial charge on any atom is 0.251 e. The van der Waals surface area contributed by atoms with E-state index in [4.69, 9.17) is 14.6 Å². The van der Waals surface area contributed by atoms with Crippen LogP contribution in [0.15, 0.2) is 103 Å².